The van der Waals surface area contributed by atoms with E-state index in [0.717, 1.165) is 9.36 Å². The molecule has 5 N–H and O–H groups in total. The van der Waals surface area contributed by atoms with Crippen molar-refractivity contribution in [3.63, 3.8) is 0 Å². The van der Waals surface area contributed by atoms with Gasteiger partial charge < -0.3 is 14.6 Å². The van der Waals surface area contributed by atoms with Crippen LogP contribution in [0.15, 0.2) is 9.59 Å². The highest BCUT2D eigenvalue weighted by Gasteiger charge is 2.46. The van der Waals surface area contributed by atoms with Crippen molar-refractivity contribution < 1.29 is 37.7 Å². The summed E-state index contributed by atoms with van der Waals surface area (Å²) in [5, 5.41) is 29.8. The summed E-state index contributed by atoms with van der Waals surface area (Å²) in [4.78, 5) is 72.8. The van der Waals surface area contributed by atoms with Gasteiger partial charge in [-0.1, -0.05) is 52.0 Å². The molecule has 2 fully saturated rings. The molecule has 7 atom stereocenters. The topological polar surface area (TPSA) is 267 Å². The maximum Gasteiger partial charge on any atom is 0.282 e. The van der Waals surface area contributed by atoms with Gasteiger partial charge in [0.1, 0.15) is 6.10 Å². The van der Waals surface area contributed by atoms with Gasteiger partial charge >= 0.3 is 0 Å². The van der Waals surface area contributed by atoms with E-state index in [1.165, 1.54) is 0 Å². The van der Waals surface area contributed by atoms with Gasteiger partial charge in [-0.25, -0.2) is 8.78 Å². The highest BCUT2D eigenvalue weighted by atomic mass is 19.1. The number of aliphatic hydroxyl groups excluding tert-OH is 1. The molecular weight excluding hydrogens is 670 g/mol. The Kier molecular flexibility index (Phi) is 10.4. The molecule has 2 aliphatic heterocycles. The van der Waals surface area contributed by atoms with Gasteiger partial charge in [0.15, 0.2) is 40.9 Å². The molecule has 2 aliphatic rings. The number of nitrogens with one attached hydrogen (secondary N) is 4. The van der Waals surface area contributed by atoms with Crippen LogP contribution in [0, 0.1) is 11.8 Å². The molecule has 0 aliphatic carbocycles. The van der Waals surface area contributed by atoms with Gasteiger partial charge in [0, 0.05) is 11.8 Å². The largest absolute Gasteiger partial charge is 0.385 e. The molecular formula is C28H36F2N12O8. The van der Waals surface area contributed by atoms with Crippen LogP contribution >= 0.6 is 0 Å². The Hall–Kier alpha value is -5.09. The fraction of sp³-hybridized carbons (Fsp3) is 0.607. The van der Waals surface area contributed by atoms with E-state index in [2.05, 4.69) is 51.2 Å². The number of Topliss-reactive ketones (excluding diaryl/α,β-unsaturated/α-hetero) is 1. The maximum atomic E-state index is 14.1. The van der Waals surface area contributed by atoms with Crippen molar-refractivity contribution in [2.24, 2.45) is 11.8 Å². The summed E-state index contributed by atoms with van der Waals surface area (Å²) < 4.78 is 40.9. The number of rotatable bonds is 8. The molecule has 6 heterocycles. The van der Waals surface area contributed by atoms with E-state index < -0.39 is 60.0 Å². The molecule has 4 aromatic heterocycles. The second kappa shape index (κ2) is 14.4. The average molecular weight is 707 g/mol. The van der Waals surface area contributed by atoms with E-state index in [1.54, 1.807) is 41.5 Å². The Bertz CT molecular complexity index is 2030. The van der Waals surface area contributed by atoms with Crippen molar-refractivity contribution in [2.75, 3.05) is 10.6 Å². The molecule has 0 radical (unpaired) electrons. The number of aromatic amines is 2. The third-order valence-electron chi connectivity index (χ3n) is 7.90. The number of hydrogen-bond donors (Lipinski definition) is 5. The first-order chi connectivity index (χ1) is 23.7. The second-order valence-electron chi connectivity index (χ2n) is 12.2. The number of aliphatic hydroxyl groups is 1. The lowest BCUT2D eigenvalue weighted by Gasteiger charge is -2.14. The van der Waals surface area contributed by atoms with Crippen molar-refractivity contribution in [3.05, 3.63) is 20.7 Å². The summed E-state index contributed by atoms with van der Waals surface area (Å²) in [6.45, 7) is 10.1. The molecule has 0 spiro atoms. The number of amides is 2. The Labute approximate surface area is 280 Å². The first-order valence-corrected chi connectivity index (χ1v) is 15.8. The predicted octanol–water partition coefficient (Wildman–Crippen LogP) is 0.439. The van der Waals surface area contributed by atoms with Gasteiger partial charge in [0.05, 0.1) is 12.2 Å². The van der Waals surface area contributed by atoms with E-state index in [9.17, 15) is 37.9 Å². The minimum absolute atomic E-state index is 0.0178. The summed E-state index contributed by atoms with van der Waals surface area (Å²) in [6.07, 6.45) is -8.36. The Morgan fingerprint density at radius 3 is 1.74 bits per heavy atom. The van der Waals surface area contributed by atoms with Gasteiger partial charge in [0.2, 0.25) is 35.7 Å². The number of H-pyrrole nitrogens is 2. The van der Waals surface area contributed by atoms with Crippen molar-refractivity contribution >= 4 is 51.8 Å². The first kappa shape index (κ1) is 36.2. The number of ether oxygens (including phenoxy) is 2. The fourth-order valence-electron chi connectivity index (χ4n) is 4.99. The SMILES string of the molecule is CC[C@H]1O[C@@H](n2nnc3c(=O)[nH]c(NC(=O)C(C)C)nc32)C(=O)[C@@H]1F.CC[C@H]1O[C@@H](n2nnc3c(=O)[nH]c(NC(=O)C(C)C)nc32)[C@H](O)[C@@H]1F. The lowest BCUT2D eigenvalue weighted by atomic mass is 10.1. The van der Waals surface area contributed by atoms with Gasteiger partial charge in [-0.2, -0.15) is 19.3 Å². The molecule has 0 bridgehead atoms. The number of aromatic nitrogens is 10. The average Bonchev–Trinajstić information content (AvgIpc) is 3.82. The quantitative estimate of drug-likeness (QED) is 0.166. The normalized spacial score (nSPS) is 25.0. The molecule has 0 saturated carbocycles. The molecule has 22 heteroatoms. The van der Waals surface area contributed by atoms with E-state index in [4.69, 9.17) is 9.47 Å². The number of ketones is 1. The zero-order valence-corrected chi connectivity index (χ0v) is 27.7. The molecule has 2 amide bonds. The van der Waals surface area contributed by atoms with E-state index in [-0.39, 0.29) is 57.9 Å². The molecule has 270 valence electrons. The van der Waals surface area contributed by atoms with Crippen LogP contribution in [0.2, 0.25) is 0 Å². The minimum Gasteiger partial charge on any atom is -0.385 e. The minimum atomic E-state index is -1.78. The first-order valence-electron chi connectivity index (χ1n) is 15.8. The lowest BCUT2D eigenvalue weighted by Crippen LogP contribution is -2.28. The van der Waals surface area contributed by atoms with Crippen LogP contribution in [-0.2, 0) is 23.9 Å². The van der Waals surface area contributed by atoms with Gasteiger partial charge in [0.25, 0.3) is 11.1 Å². The van der Waals surface area contributed by atoms with Crippen molar-refractivity contribution in [3.8, 4) is 0 Å². The van der Waals surface area contributed by atoms with Crippen LogP contribution in [0.25, 0.3) is 22.3 Å². The smallest absolute Gasteiger partial charge is 0.282 e. The van der Waals surface area contributed by atoms with Crippen LogP contribution in [0.1, 0.15) is 66.8 Å². The van der Waals surface area contributed by atoms with E-state index in [1.807, 2.05) is 0 Å². The predicted molar refractivity (Wildman–Crippen MR) is 168 cm³/mol. The van der Waals surface area contributed by atoms with Crippen molar-refractivity contribution in [2.45, 2.75) is 97.5 Å². The zero-order chi connectivity index (χ0) is 36.6. The third-order valence-corrected chi connectivity index (χ3v) is 7.90. The highest BCUT2D eigenvalue weighted by molar-refractivity contribution is 5.92. The molecule has 2 saturated heterocycles. The monoisotopic (exact) mass is 706 g/mol. The van der Waals surface area contributed by atoms with Crippen LogP contribution in [0.4, 0.5) is 20.7 Å². The number of anilines is 2. The van der Waals surface area contributed by atoms with Gasteiger partial charge in [-0.3, -0.25) is 44.6 Å². The van der Waals surface area contributed by atoms with Crippen molar-refractivity contribution in [1.82, 2.24) is 49.9 Å². The molecule has 4 aromatic rings. The van der Waals surface area contributed by atoms with E-state index >= 15 is 0 Å². The van der Waals surface area contributed by atoms with Gasteiger partial charge in [-0.15, -0.1) is 10.2 Å². The van der Waals surface area contributed by atoms with E-state index in [0.29, 0.717) is 12.8 Å². The van der Waals surface area contributed by atoms with Crippen LogP contribution in [0.3, 0.4) is 0 Å². The number of halogens is 2. The number of nitrogens with zero attached hydrogens (tertiary/aromatic N) is 8. The Morgan fingerprint density at radius 1 is 0.820 bits per heavy atom. The molecule has 6 rings (SSSR count). The number of carbonyl (C=O) groups is 3. The van der Waals surface area contributed by atoms with Crippen LogP contribution < -0.4 is 21.8 Å². The molecule has 20 nitrogen and oxygen atoms in total. The summed E-state index contributed by atoms with van der Waals surface area (Å²) in [5.41, 5.74) is -1.61. The summed E-state index contributed by atoms with van der Waals surface area (Å²) >= 11 is 0. The highest BCUT2D eigenvalue weighted by Crippen LogP contribution is 2.33. The summed E-state index contributed by atoms with van der Waals surface area (Å²) in [5.74, 6) is -2.36. The Balaban J connectivity index is 0.000000194. The summed E-state index contributed by atoms with van der Waals surface area (Å²) in [7, 11) is 0. The lowest BCUT2D eigenvalue weighted by molar-refractivity contribution is -0.129. The number of alkyl halides is 2. The third kappa shape index (κ3) is 6.85. The standard InChI is InChI=1S/C14H19FN6O4.C14H17FN6O4/c2*1-4-6-7(15)9(22)13(25-6)21-10-8(19-20-21)12(24)18-14(16-10)17-11(23)5(2)3/h5-7,9,13,22H,4H2,1-3H3,(H2,16,17,18,23,24);5-7,13H,4H2,1-3H3,(H2,16,17,18,23,24)/t6-,7-,9-,13-;6-,7-,13-/m11/s1. The van der Waals surface area contributed by atoms with Crippen LogP contribution in [-0.4, -0.2) is 103 Å². The van der Waals surface area contributed by atoms with Crippen LogP contribution in [0.5, 0.6) is 0 Å². The number of hydrogen-bond acceptors (Lipinski definition) is 14. The van der Waals surface area contributed by atoms with Crippen molar-refractivity contribution in [1.29, 1.82) is 0 Å². The molecule has 0 unspecified atom stereocenters. The molecule has 50 heavy (non-hydrogen) atoms. The molecule has 0 aromatic carbocycles. The number of carbonyl (C=O) groups excluding carboxylic acids is 3. The fourth-order valence-corrected chi connectivity index (χ4v) is 4.99. The zero-order valence-electron chi connectivity index (χ0n) is 27.7. The maximum absolute atomic E-state index is 14.1. The van der Waals surface area contributed by atoms with Gasteiger partial charge in [-0.05, 0) is 12.8 Å². The Morgan fingerprint density at radius 2 is 1.30 bits per heavy atom. The number of fused-ring (bicyclic) bond motifs is 2. The summed E-state index contributed by atoms with van der Waals surface area (Å²) in [6, 6.07) is 0. The second-order valence-corrected chi connectivity index (χ2v) is 12.2.